The summed E-state index contributed by atoms with van der Waals surface area (Å²) in [6.45, 7) is -0.126. The number of phenolic OH excluding ortho intramolecular Hbond substituents is 1. The minimum atomic E-state index is -0.972. The van der Waals surface area contributed by atoms with Crippen molar-refractivity contribution in [1.82, 2.24) is 5.32 Å². The fraction of sp³-hybridized carbons (Fsp3) is 0.400. The van der Waals surface area contributed by atoms with Crippen LogP contribution in [0.2, 0.25) is 0 Å². The highest BCUT2D eigenvalue weighted by Crippen LogP contribution is 2.17. The molecule has 162 valence electrons. The van der Waals surface area contributed by atoms with Gasteiger partial charge < -0.3 is 20.9 Å². The van der Waals surface area contributed by atoms with E-state index in [4.69, 9.17) is 5.73 Å². The van der Waals surface area contributed by atoms with E-state index >= 15 is 0 Å². The highest BCUT2D eigenvalue weighted by Gasteiger charge is 2.13. The van der Waals surface area contributed by atoms with Crippen LogP contribution in [0.1, 0.15) is 59.2 Å². The Kier molecular flexibility index (Phi) is 10.5. The van der Waals surface area contributed by atoms with Gasteiger partial charge in [0.15, 0.2) is 0 Å². The molecule has 0 saturated carbocycles. The first-order valence-corrected chi connectivity index (χ1v) is 9.26. The summed E-state index contributed by atoms with van der Waals surface area (Å²) in [5, 5.41) is 12.2. The van der Waals surface area contributed by atoms with E-state index in [0.717, 1.165) is 0 Å². The number of nitrogens with two attached hydrogens (primary N) is 1. The second-order valence-electron chi connectivity index (χ2n) is 6.43. The normalized spacial score (nSPS) is 10.1. The number of Topliss-reactive ketones (excluding diaryl/α,β-unsaturated/α-hetero) is 3. The highest BCUT2D eigenvalue weighted by molar-refractivity contribution is 5.98. The summed E-state index contributed by atoms with van der Waals surface area (Å²) < 4.78 is 4.43. The maximum Gasteiger partial charge on any atom is 0.404 e. The molecule has 10 heteroatoms. The van der Waals surface area contributed by atoms with Gasteiger partial charge in [-0.1, -0.05) is 0 Å². The van der Waals surface area contributed by atoms with Gasteiger partial charge in [0, 0.05) is 50.6 Å². The average Bonchev–Trinajstić information content (AvgIpc) is 2.70. The molecule has 1 aromatic rings. The second kappa shape index (κ2) is 12.8. The number of ether oxygens (including phenoxy) is 1. The van der Waals surface area contributed by atoms with Gasteiger partial charge in [0.25, 0.3) is 5.91 Å². The quantitative estimate of drug-likeness (QED) is 0.375. The third kappa shape index (κ3) is 9.58. The van der Waals surface area contributed by atoms with Crippen molar-refractivity contribution < 1.29 is 38.6 Å². The molecule has 0 aliphatic carbocycles. The number of hydrogen-bond acceptors (Lipinski definition) is 8. The zero-order valence-electron chi connectivity index (χ0n) is 16.3. The van der Waals surface area contributed by atoms with Crippen molar-refractivity contribution in [1.29, 1.82) is 0 Å². The maximum atomic E-state index is 12.0. The van der Waals surface area contributed by atoms with Gasteiger partial charge in [0.1, 0.15) is 36.0 Å². The van der Waals surface area contributed by atoms with Crippen molar-refractivity contribution in [3.63, 3.8) is 0 Å². The van der Waals surface area contributed by atoms with E-state index < -0.39 is 12.0 Å². The van der Waals surface area contributed by atoms with Crippen molar-refractivity contribution in [2.75, 3.05) is 13.2 Å². The Morgan fingerprint density at radius 3 is 2.07 bits per heavy atom. The van der Waals surface area contributed by atoms with Crippen LogP contribution in [0.3, 0.4) is 0 Å². The van der Waals surface area contributed by atoms with Crippen LogP contribution in [-0.2, 0) is 19.1 Å². The minimum absolute atomic E-state index is 0.00343. The molecule has 0 unspecified atom stereocenters. The summed E-state index contributed by atoms with van der Waals surface area (Å²) in [6.07, 6.45) is -0.504. The summed E-state index contributed by atoms with van der Waals surface area (Å²) in [6, 6.07) is 3.83. The molecule has 1 aromatic carbocycles. The molecule has 0 spiro atoms. The van der Waals surface area contributed by atoms with E-state index in [1.165, 1.54) is 18.2 Å². The molecule has 0 bridgehead atoms. The Morgan fingerprint density at radius 2 is 1.50 bits per heavy atom. The molecular formula is C20H24N2O8. The topological polar surface area (TPSA) is 170 Å². The molecule has 0 saturated heterocycles. The van der Waals surface area contributed by atoms with Crippen molar-refractivity contribution in [2.24, 2.45) is 5.73 Å². The number of aldehydes is 1. The molecule has 0 aromatic heterocycles. The summed E-state index contributed by atoms with van der Waals surface area (Å²) in [5.74, 6) is -1.65. The molecule has 4 N–H and O–H groups in total. The number of carbonyl (C=O) groups is 6. The lowest BCUT2D eigenvalue weighted by Gasteiger charge is -2.07. The Labute approximate surface area is 172 Å². The SMILES string of the molecule is NC(=O)OCCC(=O)CCC(=O)CCC(=O)CCNC(=O)c1cc(C=O)ccc1O. The number of rotatable bonds is 14. The summed E-state index contributed by atoms with van der Waals surface area (Å²) >= 11 is 0. The minimum Gasteiger partial charge on any atom is -0.507 e. The van der Waals surface area contributed by atoms with E-state index in [1.54, 1.807) is 0 Å². The van der Waals surface area contributed by atoms with Crippen molar-refractivity contribution in [3.05, 3.63) is 29.3 Å². The Balaban J connectivity index is 2.24. The molecule has 2 amide bonds. The van der Waals surface area contributed by atoms with E-state index in [9.17, 15) is 33.9 Å². The largest absolute Gasteiger partial charge is 0.507 e. The van der Waals surface area contributed by atoms with Crippen molar-refractivity contribution >= 4 is 35.6 Å². The fourth-order valence-corrected chi connectivity index (χ4v) is 2.42. The first-order chi connectivity index (χ1) is 14.2. The van der Waals surface area contributed by atoms with Crippen LogP contribution in [0.25, 0.3) is 0 Å². The zero-order chi connectivity index (χ0) is 22.5. The number of ketones is 3. The van der Waals surface area contributed by atoms with Crippen LogP contribution in [0, 0.1) is 0 Å². The van der Waals surface area contributed by atoms with Crippen LogP contribution in [0.15, 0.2) is 18.2 Å². The lowest BCUT2D eigenvalue weighted by Crippen LogP contribution is -2.26. The first kappa shape index (κ1) is 24.5. The Hall–Kier alpha value is -3.56. The predicted octanol–water partition coefficient (Wildman–Crippen LogP) is 1.08. The van der Waals surface area contributed by atoms with Crippen LogP contribution < -0.4 is 11.1 Å². The molecule has 10 nitrogen and oxygen atoms in total. The summed E-state index contributed by atoms with van der Waals surface area (Å²) in [4.78, 5) is 68.3. The van der Waals surface area contributed by atoms with Gasteiger partial charge in [-0.3, -0.25) is 24.0 Å². The predicted molar refractivity (Wildman–Crippen MR) is 104 cm³/mol. The first-order valence-electron chi connectivity index (χ1n) is 9.26. The molecular weight excluding hydrogens is 396 g/mol. The molecule has 0 aliphatic heterocycles. The summed E-state index contributed by atoms with van der Waals surface area (Å²) in [5.41, 5.74) is 4.91. The van der Waals surface area contributed by atoms with Gasteiger partial charge in [-0.25, -0.2) is 4.79 Å². The van der Waals surface area contributed by atoms with Crippen LogP contribution in [0.4, 0.5) is 4.79 Å². The molecule has 0 aliphatic rings. The molecule has 0 heterocycles. The van der Waals surface area contributed by atoms with Gasteiger partial charge >= 0.3 is 6.09 Å². The van der Waals surface area contributed by atoms with Gasteiger partial charge in [0.2, 0.25) is 0 Å². The number of aromatic hydroxyl groups is 1. The Bertz CT molecular complexity index is 819. The number of primary amides is 1. The van der Waals surface area contributed by atoms with Crippen molar-refractivity contribution in [3.8, 4) is 5.75 Å². The average molecular weight is 420 g/mol. The van der Waals surface area contributed by atoms with E-state index in [1.807, 2.05) is 0 Å². The standard InChI is InChI=1S/C20H24N2O8/c21-20(29)30-10-8-16(26)5-3-14(24)2-4-15(25)7-9-22-19(28)17-11-13(12-23)1-6-18(17)27/h1,6,11-12,27H,2-5,7-10H2,(H2,21,29)(H,22,28). The number of amides is 2. The van der Waals surface area contributed by atoms with Crippen LogP contribution in [-0.4, -0.2) is 53.9 Å². The zero-order valence-corrected chi connectivity index (χ0v) is 16.3. The lowest BCUT2D eigenvalue weighted by molar-refractivity contribution is -0.126. The van der Waals surface area contributed by atoms with E-state index in [2.05, 4.69) is 10.1 Å². The third-order valence-electron chi connectivity index (χ3n) is 4.08. The Morgan fingerprint density at radius 1 is 0.933 bits per heavy atom. The fourth-order valence-electron chi connectivity index (χ4n) is 2.42. The van der Waals surface area contributed by atoms with Gasteiger partial charge in [-0.05, 0) is 18.2 Å². The molecule has 30 heavy (non-hydrogen) atoms. The van der Waals surface area contributed by atoms with Gasteiger partial charge in [-0.15, -0.1) is 0 Å². The molecule has 0 atom stereocenters. The monoisotopic (exact) mass is 420 g/mol. The molecule has 0 fully saturated rings. The number of carbonyl (C=O) groups excluding carboxylic acids is 6. The lowest BCUT2D eigenvalue weighted by atomic mass is 10.0. The molecule has 1 rings (SSSR count). The maximum absolute atomic E-state index is 12.0. The second-order valence-corrected chi connectivity index (χ2v) is 6.43. The smallest absolute Gasteiger partial charge is 0.404 e. The summed E-state index contributed by atoms with van der Waals surface area (Å²) in [7, 11) is 0. The van der Waals surface area contributed by atoms with Crippen molar-refractivity contribution in [2.45, 2.75) is 38.5 Å². The number of phenols is 1. The third-order valence-corrected chi connectivity index (χ3v) is 4.08. The van der Waals surface area contributed by atoms with E-state index in [0.29, 0.717) is 6.29 Å². The van der Waals surface area contributed by atoms with Crippen LogP contribution in [0.5, 0.6) is 5.75 Å². The number of benzene rings is 1. The van der Waals surface area contributed by atoms with Gasteiger partial charge in [-0.2, -0.15) is 0 Å². The van der Waals surface area contributed by atoms with Gasteiger partial charge in [0.05, 0.1) is 5.56 Å². The number of hydrogen-bond donors (Lipinski definition) is 3. The van der Waals surface area contributed by atoms with Crippen LogP contribution >= 0.6 is 0 Å². The van der Waals surface area contributed by atoms with E-state index in [-0.39, 0.29) is 85.9 Å². The highest BCUT2D eigenvalue weighted by atomic mass is 16.5. The number of nitrogens with one attached hydrogen (secondary N) is 1. The molecule has 0 radical (unpaired) electrons.